The predicted octanol–water partition coefficient (Wildman–Crippen LogP) is 5.77. The monoisotopic (exact) mass is 311 g/mol. The van der Waals surface area contributed by atoms with E-state index in [0.717, 1.165) is 19.3 Å². The average molecular weight is 311 g/mol. The number of hydrogen-bond donors (Lipinski definition) is 0. The zero-order chi connectivity index (χ0) is 16.8. The van der Waals surface area contributed by atoms with Gasteiger partial charge in [0, 0.05) is 18.1 Å². The molecular weight excluding hydrogens is 284 g/mol. The number of unbranched alkanes of at least 4 members (excludes halogenated alkanes) is 5. The molecular formula is C18H27F2NO. The van der Waals surface area contributed by atoms with Gasteiger partial charge in [-0.25, -0.2) is 13.8 Å². The van der Waals surface area contributed by atoms with Gasteiger partial charge in [-0.2, -0.15) is 0 Å². The van der Waals surface area contributed by atoms with Crippen molar-refractivity contribution < 1.29 is 13.5 Å². The van der Waals surface area contributed by atoms with Crippen LogP contribution < -0.4 is 4.74 Å². The first-order valence-corrected chi connectivity index (χ1v) is 8.00. The van der Waals surface area contributed by atoms with Crippen molar-refractivity contribution >= 4 is 0 Å². The van der Waals surface area contributed by atoms with Crippen LogP contribution in [0.4, 0.5) is 8.78 Å². The first-order valence-electron chi connectivity index (χ1n) is 8.00. The van der Waals surface area contributed by atoms with Crippen LogP contribution in [0.2, 0.25) is 0 Å². The van der Waals surface area contributed by atoms with Gasteiger partial charge in [0.2, 0.25) is 5.88 Å². The van der Waals surface area contributed by atoms with Crippen molar-refractivity contribution in [3.63, 3.8) is 0 Å². The van der Waals surface area contributed by atoms with Gasteiger partial charge in [-0.05, 0) is 18.4 Å². The minimum Gasteiger partial charge on any atom is -0.481 e. The lowest BCUT2D eigenvalue weighted by Crippen LogP contribution is -1.94. The molecule has 1 heterocycles. The third-order valence-corrected chi connectivity index (χ3v) is 2.91. The summed E-state index contributed by atoms with van der Waals surface area (Å²) in [4.78, 5) is 4.05. The molecule has 0 amide bonds. The Bertz CT molecular complexity index is 464. The molecule has 0 fully saturated rings. The number of rotatable bonds is 7. The number of alkyl halides is 2. The van der Waals surface area contributed by atoms with Gasteiger partial charge in [0.15, 0.2) is 0 Å². The minimum atomic E-state index is -2.54. The van der Waals surface area contributed by atoms with Crippen LogP contribution in [0.15, 0.2) is 12.1 Å². The SMILES string of the molecule is CC.CCCCCCCC#Cc1cc(C(F)F)cc(OC)n1. The highest BCUT2D eigenvalue weighted by Crippen LogP contribution is 2.22. The zero-order valence-electron chi connectivity index (χ0n) is 14.1. The van der Waals surface area contributed by atoms with Crippen LogP contribution >= 0.6 is 0 Å². The minimum absolute atomic E-state index is 0.107. The largest absolute Gasteiger partial charge is 0.481 e. The number of pyridine rings is 1. The zero-order valence-corrected chi connectivity index (χ0v) is 14.1. The summed E-state index contributed by atoms with van der Waals surface area (Å²) in [5.74, 6) is 5.99. The van der Waals surface area contributed by atoms with Crippen LogP contribution in [-0.4, -0.2) is 12.1 Å². The number of methoxy groups -OCH3 is 1. The lowest BCUT2D eigenvalue weighted by atomic mass is 10.1. The van der Waals surface area contributed by atoms with E-state index in [0.29, 0.717) is 5.69 Å². The predicted molar refractivity (Wildman–Crippen MR) is 87.3 cm³/mol. The molecule has 0 spiro atoms. The van der Waals surface area contributed by atoms with E-state index in [-0.39, 0.29) is 11.4 Å². The number of hydrogen-bond acceptors (Lipinski definition) is 2. The Hall–Kier alpha value is -1.63. The van der Waals surface area contributed by atoms with Crippen LogP contribution in [0.1, 0.15) is 77.0 Å². The molecule has 2 nitrogen and oxygen atoms in total. The molecule has 1 aromatic heterocycles. The number of nitrogens with zero attached hydrogens (tertiary/aromatic N) is 1. The molecule has 0 N–H and O–H groups in total. The van der Waals surface area contributed by atoms with Crippen molar-refractivity contribution in [2.45, 2.75) is 65.7 Å². The smallest absolute Gasteiger partial charge is 0.264 e. The second kappa shape index (κ2) is 13.1. The summed E-state index contributed by atoms with van der Waals surface area (Å²) < 4.78 is 30.3. The number of ether oxygens (including phenoxy) is 1. The van der Waals surface area contributed by atoms with Gasteiger partial charge in [-0.3, -0.25) is 0 Å². The van der Waals surface area contributed by atoms with E-state index in [2.05, 4.69) is 23.7 Å². The van der Waals surface area contributed by atoms with Crippen molar-refractivity contribution in [2.24, 2.45) is 0 Å². The van der Waals surface area contributed by atoms with Gasteiger partial charge >= 0.3 is 0 Å². The summed E-state index contributed by atoms with van der Waals surface area (Å²) in [6.07, 6.45) is 4.13. The van der Waals surface area contributed by atoms with Crippen molar-refractivity contribution in [1.82, 2.24) is 4.98 Å². The molecule has 0 bridgehead atoms. The van der Waals surface area contributed by atoms with Crippen molar-refractivity contribution in [1.29, 1.82) is 0 Å². The van der Waals surface area contributed by atoms with Gasteiger partial charge in [-0.1, -0.05) is 52.4 Å². The maximum Gasteiger partial charge on any atom is 0.264 e. The fourth-order valence-electron chi connectivity index (χ4n) is 1.79. The maximum atomic E-state index is 12.7. The van der Waals surface area contributed by atoms with Gasteiger partial charge < -0.3 is 4.74 Å². The maximum absolute atomic E-state index is 12.7. The summed E-state index contributed by atoms with van der Waals surface area (Å²) in [6.45, 7) is 6.18. The molecule has 22 heavy (non-hydrogen) atoms. The van der Waals surface area contributed by atoms with E-state index < -0.39 is 6.43 Å². The van der Waals surface area contributed by atoms with E-state index >= 15 is 0 Å². The second-order valence-corrected chi connectivity index (χ2v) is 4.59. The highest BCUT2D eigenvalue weighted by Gasteiger charge is 2.10. The summed E-state index contributed by atoms with van der Waals surface area (Å²) in [5, 5.41) is 0. The van der Waals surface area contributed by atoms with Gasteiger partial charge in [-0.15, -0.1) is 0 Å². The highest BCUT2D eigenvalue weighted by molar-refractivity contribution is 5.35. The normalized spacial score (nSPS) is 9.59. The summed E-state index contributed by atoms with van der Waals surface area (Å²) in [5.41, 5.74) is 0.234. The fourth-order valence-corrected chi connectivity index (χ4v) is 1.79. The van der Waals surface area contributed by atoms with Crippen LogP contribution in [0.3, 0.4) is 0 Å². The Morgan fingerprint density at radius 3 is 2.41 bits per heavy atom. The molecule has 0 aliphatic rings. The molecule has 0 saturated heterocycles. The molecule has 1 rings (SSSR count). The standard InChI is InChI=1S/C16H21F2NO.C2H6/c1-3-4-5-6-7-8-9-10-14-11-13(16(17)18)12-15(19-14)20-2;1-2/h11-12,16H,3-8H2,1-2H3;1-2H3. The molecule has 124 valence electrons. The lowest BCUT2D eigenvalue weighted by Gasteiger charge is -2.03. The third-order valence-electron chi connectivity index (χ3n) is 2.91. The van der Waals surface area contributed by atoms with Crippen molar-refractivity contribution in [3.8, 4) is 17.7 Å². The van der Waals surface area contributed by atoms with Gasteiger partial charge in [0.25, 0.3) is 6.43 Å². The molecule has 0 aliphatic heterocycles. The van der Waals surface area contributed by atoms with E-state index in [1.165, 1.54) is 38.5 Å². The van der Waals surface area contributed by atoms with Crippen molar-refractivity contribution in [2.75, 3.05) is 7.11 Å². The van der Waals surface area contributed by atoms with Crippen LogP contribution in [-0.2, 0) is 0 Å². The Morgan fingerprint density at radius 1 is 1.14 bits per heavy atom. The molecule has 0 aromatic carbocycles. The Morgan fingerprint density at radius 2 is 1.82 bits per heavy atom. The van der Waals surface area contributed by atoms with E-state index in [9.17, 15) is 8.78 Å². The molecule has 0 atom stereocenters. The van der Waals surface area contributed by atoms with Crippen LogP contribution in [0, 0.1) is 11.8 Å². The third kappa shape index (κ3) is 8.61. The van der Waals surface area contributed by atoms with Crippen LogP contribution in [0.25, 0.3) is 0 Å². The lowest BCUT2D eigenvalue weighted by molar-refractivity contribution is 0.150. The Kier molecular flexibility index (Phi) is 12.1. The first kappa shape index (κ1) is 20.4. The van der Waals surface area contributed by atoms with Gasteiger partial charge in [0.1, 0.15) is 5.69 Å². The quantitative estimate of drug-likeness (QED) is 0.471. The second-order valence-electron chi connectivity index (χ2n) is 4.59. The van der Waals surface area contributed by atoms with E-state index in [1.807, 2.05) is 13.8 Å². The highest BCUT2D eigenvalue weighted by atomic mass is 19.3. The fraction of sp³-hybridized carbons (Fsp3) is 0.611. The van der Waals surface area contributed by atoms with Crippen LogP contribution in [0.5, 0.6) is 5.88 Å². The average Bonchev–Trinajstić information content (AvgIpc) is 2.55. The number of halogens is 2. The number of aromatic nitrogens is 1. The Labute approximate surface area is 133 Å². The summed E-state index contributed by atoms with van der Waals surface area (Å²) in [7, 11) is 1.41. The molecule has 4 heteroatoms. The van der Waals surface area contributed by atoms with E-state index in [1.54, 1.807) is 0 Å². The molecule has 1 aromatic rings. The van der Waals surface area contributed by atoms with Crippen molar-refractivity contribution in [3.05, 3.63) is 23.4 Å². The molecule has 0 aliphatic carbocycles. The molecule has 0 saturated carbocycles. The first-order chi connectivity index (χ1) is 10.7. The Balaban J connectivity index is 0.00000211. The molecule has 0 unspecified atom stereocenters. The summed E-state index contributed by atoms with van der Waals surface area (Å²) >= 11 is 0. The van der Waals surface area contributed by atoms with E-state index in [4.69, 9.17) is 4.74 Å². The van der Waals surface area contributed by atoms with Gasteiger partial charge in [0.05, 0.1) is 7.11 Å². The topological polar surface area (TPSA) is 22.1 Å². The molecule has 0 radical (unpaired) electrons. The summed E-state index contributed by atoms with van der Waals surface area (Å²) in [6, 6.07) is 2.55.